The molecule has 6 heteroatoms. The number of hydrogen-bond acceptors (Lipinski definition) is 4. The fourth-order valence-corrected chi connectivity index (χ4v) is 7.82. The molecule has 4 rings (SSSR count). The average molecular weight is 460 g/mol. The molecule has 3 atom stereocenters. The molecule has 2 aliphatic rings. The number of sulfone groups is 1. The maximum Gasteiger partial charge on any atom is 0.179 e. The molecule has 174 valence electrons. The number of benzene rings is 2. The van der Waals surface area contributed by atoms with Crippen LogP contribution in [0.2, 0.25) is 0 Å². The molecule has 0 aliphatic carbocycles. The van der Waals surface area contributed by atoms with Crippen molar-refractivity contribution in [2.45, 2.75) is 69.3 Å². The molecule has 2 aromatic carbocycles. The number of nitrogens with zero attached hydrogens (tertiary/aromatic N) is 1. The molecule has 0 spiro atoms. The molecule has 32 heavy (non-hydrogen) atoms. The fraction of sp³-hybridized carbons (Fsp3) is 0.538. The maximum atomic E-state index is 13.7. The Hall–Kier alpha value is -1.92. The minimum Gasteiger partial charge on any atom is -0.392 e. The van der Waals surface area contributed by atoms with E-state index >= 15 is 0 Å². The quantitative estimate of drug-likeness (QED) is 0.637. The summed E-state index contributed by atoms with van der Waals surface area (Å²) in [7, 11) is -3.60. The van der Waals surface area contributed by atoms with Crippen molar-refractivity contribution in [3.8, 4) is 0 Å². The van der Waals surface area contributed by atoms with Gasteiger partial charge in [0.2, 0.25) is 0 Å². The van der Waals surface area contributed by atoms with Crippen LogP contribution in [0, 0.1) is 11.2 Å². The van der Waals surface area contributed by atoms with Crippen LogP contribution in [-0.4, -0.2) is 38.5 Å². The molecule has 1 saturated heterocycles. The summed E-state index contributed by atoms with van der Waals surface area (Å²) in [6.07, 6.45) is 4.36. The summed E-state index contributed by atoms with van der Waals surface area (Å²) < 4.78 is 41.0. The lowest BCUT2D eigenvalue weighted by Gasteiger charge is -2.39. The van der Waals surface area contributed by atoms with Crippen molar-refractivity contribution < 1.29 is 17.9 Å². The molecule has 1 fully saturated rings. The van der Waals surface area contributed by atoms with E-state index < -0.39 is 27.3 Å². The van der Waals surface area contributed by atoms with Gasteiger partial charge in [-0.2, -0.15) is 0 Å². The number of aliphatic hydroxyl groups excluding tert-OH is 1. The first kappa shape index (κ1) is 23.2. The predicted molar refractivity (Wildman–Crippen MR) is 126 cm³/mol. The van der Waals surface area contributed by atoms with Gasteiger partial charge in [-0.15, -0.1) is 0 Å². The zero-order chi connectivity index (χ0) is 22.9. The number of hydrogen-bond donors (Lipinski definition) is 1. The van der Waals surface area contributed by atoms with Crippen molar-refractivity contribution in [3.05, 3.63) is 59.4 Å². The van der Waals surface area contributed by atoms with E-state index in [4.69, 9.17) is 0 Å². The van der Waals surface area contributed by atoms with Crippen LogP contribution >= 0.6 is 0 Å². The first-order valence-electron chi connectivity index (χ1n) is 11.9. The Labute approximate surface area is 191 Å². The monoisotopic (exact) mass is 459 g/mol. The lowest BCUT2D eigenvalue weighted by molar-refractivity contribution is 0.0174. The van der Waals surface area contributed by atoms with Crippen molar-refractivity contribution in [2.24, 2.45) is 5.41 Å². The summed E-state index contributed by atoms with van der Waals surface area (Å²) >= 11 is 0. The van der Waals surface area contributed by atoms with E-state index in [1.165, 1.54) is 12.1 Å². The van der Waals surface area contributed by atoms with E-state index in [0.717, 1.165) is 50.0 Å². The molecule has 1 unspecified atom stereocenters. The van der Waals surface area contributed by atoms with Crippen LogP contribution in [0.3, 0.4) is 0 Å². The number of rotatable bonds is 6. The van der Waals surface area contributed by atoms with Crippen molar-refractivity contribution in [2.75, 3.05) is 23.7 Å². The third-order valence-electron chi connectivity index (χ3n) is 7.52. The van der Waals surface area contributed by atoms with E-state index in [0.29, 0.717) is 23.3 Å². The van der Waals surface area contributed by atoms with Crippen LogP contribution in [0.1, 0.15) is 69.4 Å². The second kappa shape index (κ2) is 9.14. The van der Waals surface area contributed by atoms with Gasteiger partial charge in [-0.3, -0.25) is 0 Å². The molecular weight excluding hydrogens is 425 g/mol. The van der Waals surface area contributed by atoms with Crippen LogP contribution in [0.15, 0.2) is 47.4 Å². The highest BCUT2D eigenvalue weighted by molar-refractivity contribution is 7.91. The van der Waals surface area contributed by atoms with Gasteiger partial charge in [0.05, 0.1) is 16.8 Å². The van der Waals surface area contributed by atoms with Gasteiger partial charge in [0, 0.05) is 30.1 Å². The first-order valence-corrected chi connectivity index (χ1v) is 13.5. The summed E-state index contributed by atoms with van der Waals surface area (Å²) in [5, 5.41) is 11.9. The topological polar surface area (TPSA) is 57.6 Å². The smallest absolute Gasteiger partial charge is 0.179 e. The third kappa shape index (κ3) is 4.19. The van der Waals surface area contributed by atoms with Crippen molar-refractivity contribution in [3.63, 3.8) is 0 Å². The highest BCUT2D eigenvalue weighted by Gasteiger charge is 2.49. The van der Waals surface area contributed by atoms with E-state index in [9.17, 15) is 17.9 Å². The van der Waals surface area contributed by atoms with Gasteiger partial charge in [-0.05, 0) is 67.1 Å². The standard InChI is InChI=1S/C26H34FNO3S/c1-3-5-14-26(4-2)18-32(30,31)23-13-12-21(28-15-6-7-16-28)17-22(23)24(25(26)29)19-8-10-20(27)11-9-19/h8-13,17,24-25,29H,3-7,14-16,18H2,1-2H3/t24-,25?,26-/m1/s1. The van der Waals surface area contributed by atoms with Crippen molar-refractivity contribution in [1.82, 2.24) is 0 Å². The fourth-order valence-electron chi connectivity index (χ4n) is 5.57. The Kier molecular flexibility index (Phi) is 6.64. The van der Waals surface area contributed by atoms with E-state index in [2.05, 4.69) is 11.8 Å². The van der Waals surface area contributed by atoms with Crippen LogP contribution in [0.4, 0.5) is 10.1 Å². The molecule has 0 aromatic heterocycles. The lowest BCUT2D eigenvalue weighted by Crippen LogP contribution is -2.42. The minimum absolute atomic E-state index is 0.0641. The summed E-state index contributed by atoms with van der Waals surface area (Å²) in [5.41, 5.74) is 1.64. The van der Waals surface area contributed by atoms with Gasteiger partial charge in [0.25, 0.3) is 0 Å². The molecule has 1 N–H and O–H groups in total. The molecular formula is C26H34FNO3S. The van der Waals surface area contributed by atoms with Gasteiger partial charge in [0.1, 0.15) is 5.82 Å². The second-order valence-corrected chi connectivity index (χ2v) is 11.4. The number of anilines is 1. The summed E-state index contributed by atoms with van der Waals surface area (Å²) in [5.74, 6) is -0.934. The number of aliphatic hydroxyl groups is 1. The Balaban J connectivity index is 1.93. The van der Waals surface area contributed by atoms with Crippen molar-refractivity contribution in [1.29, 1.82) is 0 Å². The van der Waals surface area contributed by atoms with Gasteiger partial charge in [-0.1, -0.05) is 38.8 Å². The van der Waals surface area contributed by atoms with Crippen LogP contribution in [-0.2, 0) is 9.84 Å². The minimum atomic E-state index is -3.60. The van der Waals surface area contributed by atoms with Gasteiger partial charge >= 0.3 is 0 Å². The Morgan fingerprint density at radius 1 is 1.09 bits per heavy atom. The zero-order valence-corrected chi connectivity index (χ0v) is 19.9. The molecule has 2 aliphatic heterocycles. The van der Waals surface area contributed by atoms with Gasteiger partial charge < -0.3 is 10.0 Å². The number of halogens is 1. The zero-order valence-electron chi connectivity index (χ0n) is 19.1. The van der Waals surface area contributed by atoms with Crippen LogP contribution < -0.4 is 4.90 Å². The molecule has 0 amide bonds. The molecule has 0 bridgehead atoms. The molecule has 0 radical (unpaired) electrons. The third-order valence-corrected chi connectivity index (χ3v) is 9.51. The van der Waals surface area contributed by atoms with E-state index in [1.54, 1.807) is 18.2 Å². The van der Waals surface area contributed by atoms with Crippen LogP contribution in [0.5, 0.6) is 0 Å². The normalized spacial score (nSPS) is 27.2. The first-order chi connectivity index (χ1) is 15.3. The maximum absolute atomic E-state index is 13.7. The SMILES string of the molecule is CCCC[C@]1(CC)CS(=O)(=O)c2ccc(N3CCCC3)cc2[C@@H](c2ccc(F)cc2)C1O. The van der Waals surface area contributed by atoms with Crippen LogP contribution in [0.25, 0.3) is 0 Å². The Bertz CT molecular complexity index is 1050. The highest BCUT2D eigenvalue weighted by atomic mass is 32.2. The average Bonchev–Trinajstić information content (AvgIpc) is 3.31. The molecule has 2 heterocycles. The van der Waals surface area contributed by atoms with E-state index in [1.807, 2.05) is 19.1 Å². The Morgan fingerprint density at radius 3 is 2.41 bits per heavy atom. The predicted octanol–water partition coefficient (Wildman–Crippen LogP) is 5.29. The summed E-state index contributed by atoms with van der Waals surface area (Å²) in [6.45, 7) is 5.95. The molecule has 4 nitrogen and oxygen atoms in total. The largest absolute Gasteiger partial charge is 0.392 e. The molecule has 2 aromatic rings. The Morgan fingerprint density at radius 2 is 1.78 bits per heavy atom. The second-order valence-electron chi connectivity index (χ2n) is 9.47. The molecule has 0 saturated carbocycles. The van der Waals surface area contributed by atoms with Gasteiger partial charge in [-0.25, -0.2) is 12.8 Å². The number of unbranched alkanes of at least 4 members (excludes halogenated alkanes) is 1. The van der Waals surface area contributed by atoms with Gasteiger partial charge in [0.15, 0.2) is 9.84 Å². The summed E-state index contributed by atoms with van der Waals surface area (Å²) in [6, 6.07) is 11.8. The lowest BCUT2D eigenvalue weighted by atomic mass is 9.69. The summed E-state index contributed by atoms with van der Waals surface area (Å²) in [4.78, 5) is 2.58. The van der Waals surface area contributed by atoms with Crippen molar-refractivity contribution >= 4 is 15.5 Å². The number of fused-ring (bicyclic) bond motifs is 1. The highest BCUT2D eigenvalue weighted by Crippen LogP contribution is 2.49. The van der Waals surface area contributed by atoms with E-state index in [-0.39, 0.29) is 11.6 Å².